The summed E-state index contributed by atoms with van der Waals surface area (Å²) in [5.41, 5.74) is 1.14. The molecule has 21 heavy (non-hydrogen) atoms. The molecule has 2 N–H and O–H groups in total. The molecule has 4 nitrogen and oxygen atoms in total. The highest BCUT2D eigenvalue weighted by Crippen LogP contribution is 2.18. The minimum Gasteiger partial charge on any atom is -0.384 e. The topological polar surface area (TPSA) is 52.6 Å². The molecule has 5 heteroatoms. The van der Waals surface area contributed by atoms with E-state index >= 15 is 0 Å². The minimum absolute atomic E-state index is 0.0161. The Morgan fingerprint density at radius 3 is 2.95 bits per heavy atom. The smallest absolute Gasteiger partial charge is 0.234 e. The number of benzene rings is 1. The number of nitrogens with one attached hydrogen (secondary N) is 1. The highest BCUT2D eigenvalue weighted by molar-refractivity contribution is 5.78. The Hall–Kier alpha value is -1.90. The zero-order valence-electron chi connectivity index (χ0n) is 12.0. The summed E-state index contributed by atoms with van der Waals surface area (Å²) in [6.45, 7) is 0.544. The summed E-state index contributed by atoms with van der Waals surface area (Å²) in [4.78, 5) is 13.6. The Morgan fingerprint density at radius 2 is 2.29 bits per heavy atom. The summed E-state index contributed by atoms with van der Waals surface area (Å²) in [7, 11) is 1.84. The highest BCUT2D eigenvalue weighted by Gasteiger charge is 2.23. The second kappa shape index (κ2) is 7.21. The van der Waals surface area contributed by atoms with Crippen molar-refractivity contribution in [3.8, 4) is 11.8 Å². The molecule has 1 aliphatic carbocycles. The van der Waals surface area contributed by atoms with E-state index in [0.717, 1.165) is 18.4 Å². The second-order valence-electron chi connectivity index (χ2n) is 5.29. The molecule has 1 saturated carbocycles. The number of rotatable bonds is 5. The Labute approximate surface area is 124 Å². The van der Waals surface area contributed by atoms with Gasteiger partial charge in [-0.25, -0.2) is 4.39 Å². The summed E-state index contributed by atoms with van der Waals surface area (Å²) >= 11 is 0. The van der Waals surface area contributed by atoms with E-state index in [9.17, 15) is 9.18 Å². The van der Waals surface area contributed by atoms with Gasteiger partial charge in [-0.3, -0.25) is 9.69 Å². The zero-order chi connectivity index (χ0) is 15.2. The number of carbonyl (C=O) groups is 1. The van der Waals surface area contributed by atoms with Gasteiger partial charge in [0, 0.05) is 12.6 Å². The third-order valence-electron chi connectivity index (χ3n) is 3.14. The van der Waals surface area contributed by atoms with E-state index < -0.39 is 5.82 Å². The lowest BCUT2D eigenvalue weighted by Crippen LogP contribution is -2.35. The molecule has 0 aliphatic heterocycles. The number of hydrogen-bond donors (Lipinski definition) is 2. The molecular formula is C16H19FN2O2. The van der Waals surface area contributed by atoms with Gasteiger partial charge in [-0.2, -0.15) is 0 Å². The Morgan fingerprint density at radius 1 is 1.52 bits per heavy atom. The first-order valence-electron chi connectivity index (χ1n) is 6.94. The molecule has 1 aromatic rings. The number of aliphatic hydroxyl groups is 1. The van der Waals surface area contributed by atoms with Crippen LogP contribution in [0.15, 0.2) is 18.2 Å². The van der Waals surface area contributed by atoms with Crippen molar-refractivity contribution in [3.05, 3.63) is 35.1 Å². The molecule has 0 atom stereocenters. The van der Waals surface area contributed by atoms with Crippen LogP contribution in [0, 0.1) is 17.7 Å². The molecule has 112 valence electrons. The lowest BCUT2D eigenvalue weighted by Gasteiger charge is -2.16. The number of aliphatic hydroxyl groups excluding tert-OH is 1. The van der Waals surface area contributed by atoms with Crippen LogP contribution in [-0.2, 0) is 11.3 Å². The number of carbonyl (C=O) groups excluding carboxylic acids is 1. The fourth-order valence-corrected chi connectivity index (χ4v) is 2.02. The third-order valence-corrected chi connectivity index (χ3v) is 3.14. The van der Waals surface area contributed by atoms with E-state index in [2.05, 4.69) is 17.2 Å². The molecule has 0 aromatic heterocycles. The van der Waals surface area contributed by atoms with E-state index in [-0.39, 0.29) is 18.1 Å². The van der Waals surface area contributed by atoms with Crippen LogP contribution in [0.2, 0.25) is 0 Å². The SMILES string of the molecule is CN(CC(=O)NC1CC1)Cc1ccc(F)c(C#CCO)c1. The Balaban J connectivity index is 1.93. The molecule has 0 heterocycles. The third kappa shape index (κ3) is 5.18. The van der Waals surface area contributed by atoms with Crippen LogP contribution >= 0.6 is 0 Å². The van der Waals surface area contributed by atoms with Gasteiger partial charge in [-0.05, 0) is 37.6 Å². The van der Waals surface area contributed by atoms with Crippen molar-refractivity contribution in [2.75, 3.05) is 20.2 Å². The maximum Gasteiger partial charge on any atom is 0.234 e. The first-order chi connectivity index (χ1) is 10.1. The van der Waals surface area contributed by atoms with Gasteiger partial charge in [0.1, 0.15) is 12.4 Å². The largest absolute Gasteiger partial charge is 0.384 e. The van der Waals surface area contributed by atoms with E-state index in [4.69, 9.17) is 5.11 Å². The van der Waals surface area contributed by atoms with E-state index in [1.807, 2.05) is 11.9 Å². The molecule has 0 radical (unpaired) electrons. The predicted octanol–water partition coefficient (Wildman–Crippen LogP) is 0.880. The zero-order valence-corrected chi connectivity index (χ0v) is 12.0. The van der Waals surface area contributed by atoms with Gasteiger partial charge in [-0.15, -0.1) is 0 Å². The summed E-state index contributed by atoms with van der Waals surface area (Å²) in [5, 5.41) is 11.6. The van der Waals surface area contributed by atoms with Crippen molar-refractivity contribution in [3.63, 3.8) is 0 Å². The first-order valence-corrected chi connectivity index (χ1v) is 6.94. The molecule has 0 spiro atoms. The van der Waals surface area contributed by atoms with Crippen molar-refractivity contribution in [2.45, 2.75) is 25.4 Å². The lowest BCUT2D eigenvalue weighted by atomic mass is 10.1. The molecule has 2 rings (SSSR count). The summed E-state index contributed by atoms with van der Waals surface area (Å²) in [6, 6.07) is 5.04. The molecule has 0 unspecified atom stereocenters. The van der Waals surface area contributed by atoms with Gasteiger partial charge in [0.2, 0.25) is 5.91 Å². The number of hydrogen-bond acceptors (Lipinski definition) is 3. The number of nitrogens with zero attached hydrogens (tertiary/aromatic N) is 1. The van der Waals surface area contributed by atoms with Crippen molar-refractivity contribution in [1.82, 2.24) is 10.2 Å². The molecule has 1 amide bonds. The summed E-state index contributed by atoms with van der Waals surface area (Å²) < 4.78 is 13.5. The molecular weight excluding hydrogens is 271 g/mol. The lowest BCUT2D eigenvalue weighted by molar-refractivity contribution is -0.122. The second-order valence-corrected chi connectivity index (χ2v) is 5.29. The van der Waals surface area contributed by atoms with Crippen molar-refractivity contribution in [2.24, 2.45) is 0 Å². The van der Waals surface area contributed by atoms with Crippen LogP contribution in [0.25, 0.3) is 0 Å². The molecule has 1 aromatic carbocycles. The van der Waals surface area contributed by atoms with Crippen molar-refractivity contribution < 1.29 is 14.3 Å². The van der Waals surface area contributed by atoms with Gasteiger partial charge >= 0.3 is 0 Å². The minimum atomic E-state index is -0.408. The molecule has 1 aliphatic rings. The molecule has 0 bridgehead atoms. The first kappa shape index (κ1) is 15.5. The Bertz CT molecular complexity index is 573. The normalized spacial score (nSPS) is 13.7. The number of amides is 1. The summed E-state index contributed by atoms with van der Waals surface area (Å²) in [5.74, 6) is 4.62. The number of likely N-dealkylation sites (N-methyl/N-ethyl adjacent to an activating group) is 1. The van der Waals surface area contributed by atoms with Crippen LogP contribution in [0.1, 0.15) is 24.0 Å². The van der Waals surface area contributed by atoms with Gasteiger partial charge < -0.3 is 10.4 Å². The average Bonchev–Trinajstić information content (AvgIpc) is 3.22. The number of halogens is 1. The monoisotopic (exact) mass is 290 g/mol. The van der Waals surface area contributed by atoms with Gasteiger partial charge in [0.25, 0.3) is 0 Å². The van der Waals surface area contributed by atoms with Crippen molar-refractivity contribution >= 4 is 5.91 Å². The maximum atomic E-state index is 13.5. The maximum absolute atomic E-state index is 13.5. The van der Waals surface area contributed by atoms with E-state index in [1.54, 1.807) is 12.1 Å². The Kier molecular flexibility index (Phi) is 5.32. The molecule has 1 fully saturated rings. The van der Waals surface area contributed by atoms with Crippen LogP contribution in [0.4, 0.5) is 4.39 Å². The van der Waals surface area contributed by atoms with Crippen LogP contribution < -0.4 is 5.32 Å². The average molecular weight is 290 g/mol. The van der Waals surface area contributed by atoms with Gasteiger partial charge in [-0.1, -0.05) is 17.9 Å². The fraction of sp³-hybridized carbons (Fsp3) is 0.438. The summed E-state index contributed by atoms with van der Waals surface area (Å²) in [6.07, 6.45) is 2.14. The predicted molar refractivity (Wildman–Crippen MR) is 77.9 cm³/mol. The van der Waals surface area contributed by atoms with E-state index in [1.165, 1.54) is 6.07 Å². The van der Waals surface area contributed by atoms with Gasteiger partial charge in [0.15, 0.2) is 0 Å². The fourth-order valence-electron chi connectivity index (χ4n) is 2.02. The van der Waals surface area contributed by atoms with Crippen molar-refractivity contribution in [1.29, 1.82) is 0 Å². The standard InChI is InChI=1S/C16H19FN2O2/c1-19(11-16(21)18-14-5-6-14)10-12-4-7-15(17)13(9-12)3-2-8-20/h4,7,9,14,20H,5-6,8,10-11H2,1H3,(H,18,21). The van der Waals surface area contributed by atoms with Crippen LogP contribution in [0.3, 0.4) is 0 Å². The molecule has 0 saturated heterocycles. The van der Waals surface area contributed by atoms with Gasteiger partial charge in [0.05, 0.1) is 12.1 Å². The van der Waals surface area contributed by atoms with E-state index in [0.29, 0.717) is 19.1 Å². The quantitative estimate of drug-likeness (QED) is 0.792. The van der Waals surface area contributed by atoms with Crippen LogP contribution in [0.5, 0.6) is 0 Å². The van der Waals surface area contributed by atoms with Crippen LogP contribution in [-0.4, -0.2) is 42.2 Å². The highest BCUT2D eigenvalue weighted by atomic mass is 19.1.